The number of benzene rings is 2. The van der Waals surface area contributed by atoms with Gasteiger partial charge in [0.15, 0.2) is 0 Å². The molecular weight excluding hydrogens is 272 g/mol. The molecule has 0 heterocycles. The third-order valence-electron chi connectivity index (χ3n) is 2.57. The predicted molar refractivity (Wildman–Crippen MR) is 65.8 cm³/mol. The van der Waals surface area contributed by atoms with Crippen molar-refractivity contribution in [2.45, 2.75) is 6.18 Å². The van der Waals surface area contributed by atoms with Crippen molar-refractivity contribution in [3.8, 4) is 6.07 Å². The van der Waals surface area contributed by atoms with Gasteiger partial charge in [0.25, 0.3) is 0 Å². The molecule has 6 heteroatoms. The summed E-state index contributed by atoms with van der Waals surface area (Å²) in [5.41, 5.74) is -0.532. The summed E-state index contributed by atoms with van der Waals surface area (Å²) >= 11 is 0. The van der Waals surface area contributed by atoms with Gasteiger partial charge in [0.1, 0.15) is 11.9 Å². The molecule has 0 bridgehead atoms. The van der Waals surface area contributed by atoms with Gasteiger partial charge in [0.05, 0.1) is 16.8 Å². The molecule has 1 N–H and O–H groups in total. The number of alkyl halides is 3. The molecule has 0 saturated heterocycles. The maximum atomic E-state index is 13.0. The van der Waals surface area contributed by atoms with Crippen LogP contribution in [0, 0.1) is 17.1 Å². The quantitative estimate of drug-likeness (QED) is 0.824. The Balaban J connectivity index is 2.36. The zero-order valence-electron chi connectivity index (χ0n) is 10.0. The van der Waals surface area contributed by atoms with Crippen molar-refractivity contribution in [3.63, 3.8) is 0 Å². The Hall–Kier alpha value is -2.55. The van der Waals surface area contributed by atoms with Gasteiger partial charge in [-0.15, -0.1) is 0 Å². The molecule has 0 spiro atoms. The fourth-order valence-electron chi connectivity index (χ4n) is 1.64. The molecule has 2 aromatic carbocycles. The minimum atomic E-state index is -4.51. The van der Waals surface area contributed by atoms with Crippen LogP contribution in [-0.2, 0) is 6.18 Å². The van der Waals surface area contributed by atoms with Gasteiger partial charge in [0.2, 0.25) is 0 Å². The normalized spacial score (nSPS) is 10.9. The fourth-order valence-corrected chi connectivity index (χ4v) is 1.64. The summed E-state index contributed by atoms with van der Waals surface area (Å²) < 4.78 is 50.6. The van der Waals surface area contributed by atoms with Crippen LogP contribution >= 0.6 is 0 Å². The SMILES string of the molecule is N#Cc1cc(C(F)(F)F)ccc1Nc1cccc(F)c1. The molecule has 20 heavy (non-hydrogen) atoms. The van der Waals surface area contributed by atoms with Crippen LogP contribution in [0.2, 0.25) is 0 Å². The second-order valence-electron chi connectivity index (χ2n) is 4.01. The fraction of sp³-hybridized carbons (Fsp3) is 0.0714. The first-order valence-corrected chi connectivity index (χ1v) is 5.54. The lowest BCUT2D eigenvalue weighted by atomic mass is 10.1. The number of nitrogens with one attached hydrogen (secondary N) is 1. The number of nitrogens with zero attached hydrogens (tertiary/aromatic N) is 1. The van der Waals surface area contributed by atoms with Gasteiger partial charge >= 0.3 is 6.18 Å². The second-order valence-corrected chi connectivity index (χ2v) is 4.01. The molecule has 0 radical (unpaired) electrons. The van der Waals surface area contributed by atoms with E-state index in [1.165, 1.54) is 18.2 Å². The highest BCUT2D eigenvalue weighted by molar-refractivity contribution is 5.67. The van der Waals surface area contributed by atoms with Crippen molar-refractivity contribution in [2.75, 3.05) is 5.32 Å². The van der Waals surface area contributed by atoms with E-state index in [1.807, 2.05) is 0 Å². The largest absolute Gasteiger partial charge is 0.416 e. The minimum absolute atomic E-state index is 0.163. The molecule has 0 aromatic heterocycles. The molecule has 2 rings (SSSR count). The number of hydrogen-bond acceptors (Lipinski definition) is 2. The molecule has 0 saturated carbocycles. The van der Waals surface area contributed by atoms with Crippen LogP contribution in [0.4, 0.5) is 28.9 Å². The van der Waals surface area contributed by atoms with Gasteiger partial charge in [-0.05, 0) is 36.4 Å². The van der Waals surface area contributed by atoms with E-state index in [9.17, 15) is 17.6 Å². The molecule has 0 amide bonds. The number of rotatable bonds is 2. The monoisotopic (exact) mass is 280 g/mol. The summed E-state index contributed by atoms with van der Waals surface area (Å²) in [7, 11) is 0. The van der Waals surface area contributed by atoms with Crippen LogP contribution in [0.25, 0.3) is 0 Å². The van der Waals surface area contributed by atoms with Gasteiger partial charge in [-0.3, -0.25) is 0 Å². The maximum absolute atomic E-state index is 13.0. The van der Waals surface area contributed by atoms with Crippen LogP contribution in [0.3, 0.4) is 0 Å². The third kappa shape index (κ3) is 3.06. The van der Waals surface area contributed by atoms with E-state index in [0.717, 1.165) is 18.2 Å². The third-order valence-corrected chi connectivity index (χ3v) is 2.57. The highest BCUT2D eigenvalue weighted by Gasteiger charge is 2.31. The van der Waals surface area contributed by atoms with E-state index >= 15 is 0 Å². The second kappa shape index (κ2) is 5.21. The Bertz CT molecular complexity index is 672. The van der Waals surface area contributed by atoms with E-state index in [0.29, 0.717) is 5.69 Å². The first kappa shape index (κ1) is 13.9. The molecule has 0 fully saturated rings. The zero-order chi connectivity index (χ0) is 14.8. The van der Waals surface area contributed by atoms with Gasteiger partial charge in [-0.2, -0.15) is 18.4 Å². The lowest BCUT2D eigenvalue weighted by Gasteiger charge is -2.11. The Morgan fingerprint density at radius 3 is 2.40 bits per heavy atom. The van der Waals surface area contributed by atoms with Crippen LogP contribution in [0.1, 0.15) is 11.1 Å². The van der Waals surface area contributed by atoms with Crippen LogP contribution in [-0.4, -0.2) is 0 Å². The molecular formula is C14H8F4N2. The lowest BCUT2D eigenvalue weighted by molar-refractivity contribution is -0.137. The topological polar surface area (TPSA) is 35.8 Å². The molecule has 0 aliphatic carbocycles. The Morgan fingerprint density at radius 1 is 1.05 bits per heavy atom. The van der Waals surface area contributed by atoms with Crippen molar-refractivity contribution < 1.29 is 17.6 Å². The number of nitriles is 1. The van der Waals surface area contributed by atoms with Crippen LogP contribution < -0.4 is 5.32 Å². The smallest absolute Gasteiger partial charge is 0.354 e. The number of halogens is 4. The summed E-state index contributed by atoms with van der Waals surface area (Å²) in [6.07, 6.45) is -4.51. The van der Waals surface area contributed by atoms with Crippen LogP contribution in [0.5, 0.6) is 0 Å². The summed E-state index contributed by atoms with van der Waals surface area (Å²) in [5, 5.41) is 11.6. The highest BCUT2D eigenvalue weighted by Crippen LogP contribution is 2.32. The Morgan fingerprint density at radius 2 is 1.80 bits per heavy atom. The van der Waals surface area contributed by atoms with Crippen molar-refractivity contribution in [2.24, 2.45) is 0 Å². The molecule has 2 nitrogen and oxygen atoms in total. The summed E-state index contributed by atoms with van der Waals surface area (Å²) in [6.45, 7) is 0. The van der Waals surface area contributed by atoms with E-state index in [1.54, 1.807) is 12.1 Å². The number of anilines is 2. The van der Waals surface area contributed by atoms with Gasteiger partial charge in [-0.1, -0.05) is 6.07 Å². The van der Waals surface area contributed by atoms with Gasteiger partial charge in [0, 0.05) is 5.69 Å². The van der Waals surface area contributed by atoms with Crippen molar-refractivity contribution in [3.05, 3.63) is 59.4 Å². The van der Waals surface area contributed by atoms with Gasteiger partial charge in [-0.25, -0.2) is 4.39 Å². The molecule has 2 aromatic rings. The van der Waals surface area contributed by atoms with E-state index < -0.39 is 17.6 Å². The molecule has 0 atom stereocenters. The van der Waals surface area contributed by atoms with Crippen molar-refractivity contribution in [1.29, 1.82) is 5.26 Å². The summed E-state index contributed by atoms with van der Waals surface area (Å²) in [5.74, 6) is -0.486. The maximum Gasteiger partial charge on any atom is 0.416 e. The number of hydrogen-bond donors (Lipinski definition) is 1. The first-order chi connectivity index (χ1) is 9.40. The van der Waals surface area contributed by atoms with E-state index in [4.69, 9.17) is 5.26 Å². The minimum Gasteiger partial charge on any atom is -0.354 e. The van der Waals surface area contributed by atoms with Gasteiger partial charge < -0.3 is 5.32 Å². The Labute approximate surface area is 112 Å². The molecule has 0 unspecified atom stereocenters. The van der Waals surface area contributed by atoms with Crippen LogP contribution in [0.15, 0.2) is 42.5 Å². The molecule has 0 aliphatic heterocycles. The highest BCUT2D eigenvalue weighted by atomic mass is 19.4. The average molecular weight is 280 g/mol. The lowest BCUT2D eigenvalue weighted by Crippen LogP contribution is -2.06. The standard InChI is InChI=1S/C14H8F4N2/c15-11-2-1-3-12(7-11)20-13-5-4-10(14(16,17)18)6-9(13)8-19/h1-7,20H. The van der Waals surface area contributed by atoms with E-state index in [-0.39, 0.29) is 11.3 Å². The van der Waals surface area contributed by atoms with Crippen molar-refractivity contribution in [1.82, 2.24) is 0 Å². The summed E-state index contributed by atoms with van der Waals surface area (Å²) in [4.78, 5) is 0. The summed E-state index contributed by atoms with van der Waals surface area (Å²) in [6, 6.07) is 9.86. The van der Waals surface area contributed by atoms with Crippen molar-refractivity contribution >= 4 is 11.4 Å². The molecule has 102 valence electrons. The Kier molecular flexibility index (Phi) is 3.61. The molecule has 0 aliphatic rings. The first-order valence-electron chi connectivity index (χ1n) is 5.54. The average Bonchev–Trinajstić information content (AvgIpc) is 2.38. The zero-order valence-corrected chi connectivity index (χ0v) is 10.0. The predicted octanol–water partition coefficient (Wildman–Crippen LogP) is 4.46. The van der Waals surface area contributed by atoms with E-state index in [2.05, 4.69) is 5.32 Å².